The summed E-state index contributed by atoms with van der Waals surface area (Å²) in [5.41, 5.74) is 3.70. The Morgan fingerprint density at radius 1 is 1.03 bits per heavy atom. The van der Waals surface area contributed by atoms with E-state index in [1.807, 2.05) is 24.3 Å². The highest BCUT2D eigenvalue weighted by Gasteiger charge is 2.46. The van der Waals surface area contributed by atoms with Crippen molar-refractivity contribution in [1.82, 2.24) is 10.6 Å². The highest BCUT2D eigenvalue weighted by Crippen LogP contribution is 2.44. The topological polar surface area (TPSA) is 105 Å². The zero-order chi connectivity index (χ0) is 24.6. The molecule has 3 N–H and O–H groups in total. The molecule has 0 spiro atoms. The lowest BCUT2D eigenvalue weighted by Gasteiger charge is -2.28. The van der Waals surface area contributed by atoms with E-state index in [0.29, 0.717) is 12.8 Å². The number of ether oxygens (including phenoxy) is 1. The van der Waals surface area contributed by atoms with Gasteiger partial charge in [-0.25, -0.2) is 4.79 Å². The van der Waals surface area contributed by atoms with Crippen LogP contribution in [0.3, 0.4) is 0 Å². The van der Waals surface area contributed by atoms with Crippen LogP contribution in [0.4, 0.5) is 4.79 Å². The summed E-state index contributed by atoms with van der Waals surface area (Å²) in [7, 11) is 0. The van der Waals surface area contributed by atoms with E-state index in [0.717, 1.165) is 30.4 Å². The number of hydrogen-bond donors (Lipinski definition) is 3. The third-order valence-corrected chi connectivity index (χ3v) is 8.03. The number of benzene rings is 2. The van der Waals surface area contributed by atoms with Gasteiger partial charge in [0.2, 0.25) is 5.91 Å². The minimum Gasteiger partial charge on any atom is -0.481 e. The number of rotatable bonds is 8. The largest absolute Gasteiger partial charge is 0.481 e. The Morgan fingerprint density at radius 3 is 2.26 bits per heavy atom. The molecule has 184 valence electrons. The predicted molar refractivity (Wildman–Crippen MR) is 131 cm³/mol. The van der Waals surface area contributed by atoms with E-state index < -0.39 is 17.5 Å². The first-order chi connectivity index (χ1) is 16.9. The summed E-state index contributed by atoms with van der Waals surface area (Å²) in [6.45, 7) is 1.92. The van der Waals surface area contributed by atoms with Crippen molar-refractivity contribution in [2.75, 3.05) is 6.61 Å². The van der Waals surface area contributed by atoms with Crippen LogP contribution in [-0.2, 0) is 14.3 Å². The summed E-state index contributed by atoms with van der Waals surface area (Å²) in [4.78, 5) is 37.2. The zero-order valence-corrected chi connectivity index (χ0v) is 20.0. The molecule has 2 amide bonds. The number of aliphatic carboxylic acids is 1. The van der Waals surface area contributed by atoms with E-state index in [2.05, 4.69) is 34.9 Å². The number of fused-ring (bicyclic) bond motifs is 3. The Morgan fingerprint density at radius 2 is 1.66 bits per heavy atom. The van der Waals surface area contributed by atoms with Crippen molar-refractivity contribution >= 4 is 18.0 Å². The monoisotopic (exact) mass is 476 g/mol. The van der Waals surface area contributed by atoms with Crippen LogP contribution in [0.2, 0.25) is 0 Å². The van der Waals surface area contributed by atoms with Crippen molar-refractivity contribution in [3.05, 3.63) is 59.7 Å². The lowest BCUT2D eigenvalue weighted by Crippen LogP contribution is -2.49. The molecule has 0 bridgehead atoms. The molecule has 2 aromatic rings. The number of carbonyl (C=O) groups is 3. The smallest absolute Gasteiger partial charge is 0.407 e. The van der Waals surface area contributed by atoms with Crippen molar-refractivity contribution in [1.29, 1.82) is 0 Å². The summed E-state index contributed by atoms with van der Waals surface area (Å²) in [5, 5.41) is 15.4. The molecule has 0 aromatic heterocycles. The van der Waals surface area contributed by atoms with Gasteiger partial charge in [0.15, 0.2) is 0 Å². The molecule has 7 nitrogen and oxygen atoms in total. The summed E-state index contributed by atoms with van der Waals surface area (Å²) < 4.78 is 5.67. The van der Waals surface area contributed by atoms with Crippen LogP contribution in [0.15, 0.2) is 48.5 Å². The van der Waals surface area contributed by atoms with Crippen LogP contribution in [0.1, 0.15) is 62.5 Å². The zero-order valence-electron chi connectivity index (χ0n) is 20.0. The van der Waals surface area contributed by atoms with Gasteiger partial charge < -0.3 is 20.5 Å². The highest BCUT2D eigenvalue weighted by molar-refractivity contribution is 5.81. The molecule has 3 unspecified atom stereocenters. The third kappa shape index (κ3) is 4.64. The summed E-state index contributed by atoms with van der Waals surface area (Å²) in [6, 6.07) is 15.7. The van der Waals surface area contributed by atoms with Crippen LogP contribution >= 0.6 is 0 Å². The van der Waals surface area contributed by atoms with E-state index in [9.17, 15) is 19.5 Å². The highest BCUT2D eigenvalue weighted by atomic mass is 16.5. The minimum atomic E-state index is -0.940. The van der Waals surface area contributed by atoms with Gasteiger partial charge in [-0.1, -0.05) is 55.0 Å². The average Bonchev–Trinajstić information content (AvgIpc) is 3.56. The Hall–Kier alpha value is -3.35. The molecular formula is C28H32N2O5. The Balaban J connectivity index is 1.18. The normalized spacial score (nSPS) is 23.7. The standard InChI is InChI=1S/C28H32N2O5/c1-28(26(32)33)14-6-11-24(28)30-25(31)15-23(17-12-13-17)29-27(34)35-16-22-20-9-4-2-7-18(20)19-8-3-5-10-21(19)22/h2-5,7-10,17,22-24H,6,11-16H2,1H3,(H,29,34)(H,30,31)(H,32,33). The molecule has 0 heterocycles. The predicted octanol–water partition coefficient (Wildman–Crippen LogP) is 4.45. The molecule has 2 fully saturated rings. The maximum atomic E-state index is 12.8. The molecule has 7 heteroatoms. The summed E-state index contributed by atoms with van der Waals surface area (Å²) in [6.07, 6.45) is 3.50. The fourth-order valence-corrected chi connectivity index (χ4v) is 5.73. The van der Waals surface area contributed by atoms with Crippen molar-refractivity contribution in [3.8, 4) is 11.1 Å². The third-order valence-electron chi connectivity index (χ3n) is 8.03. The second-order valence-electron chi connectivity index (χ2n) is 10.4. The maximum absolute atomic E-state index is 12.8. The number of amides is 2. The van der Waals surface area contributed by atoms with Gasteiger partial charge in [0.25, 0.3) is 0 Å². The van der Waals surface area contributed by atoms with Crippen LogP contribution in [-0.4, -0.2) is 41.8 Å². The number of hydrogen-bond acceptors (Lipinski definition) is 4. The van der Waals surface area contributed by atoms with Crippen LogP contribution in [0.5, 0.6) is 0 Å². The first-order valence-electron chi connectivity index (χ1n) is 12.5. The average molecular weight is 477 g/mol. The second kappa shape index (κ2) is 9.36. The van der Waals surface area contributed by atoms with Crippen molar-refractivity contribution in [2.45, 2.75) is 63.5 Å². The van der Waals surface area contributed by atoms with Crippen LogP contribution in [0, 0.1) is 11.3 Å². The molecule has 3 atom stereocenters. The summed E-state index contributed by atoms with van der Waals surface area (Å²) >= 11 is 0. The fourth-order valence-electron chi connectivity index (χ4n) is 5.73. The van der Waals surface area contributed by atoms with E-state index in [1.165, 1.54) is 11.1 Å². The number of alkyl carbamates (subject to hydrolysis) is 1. The van der Waals surface area contributed by atoms with Crippen molar-refractivity contribution in [2.24, 2.45) is 11.3 Å². The van der Waals surface area contributed by atoms with Gasteiger partial charge in [-0.05, 0) is 60.8 Å². The molecule has 3 aliphatic rings. The fraction of sp³-hybridized carbons (Fsp3) is 0.464. The van der Waals surface area contributed by atoms with Gasteiger partial charge in [-0.2, -0.15) is 0 Å². The summed E-state index contributed by atoms with van der Waals surface area (Å²) in [5.74, 6) is -0.876. The molecule has 35 heavy (non-hydrogen) atoms. The number of carbonyl (C=O) groups excluding carboxylic acids is 2. The second-order valence-corrected chi connectivity index (χ2v) is 10.4. The van der Waals surface area contributed by atoms with Crippen molar-refractivity contribution < 1.29 is 24.2 Å². The van der Waals surface area contributed by atoms with Gasteiger partial charge >= 0.3 is 12.1 Å². The number of carboxylic acids is 1. The first kappa shape index (κ1) is 23.4. The quantitative estimate of drug-likeness (QED) is 0.522. The molecule has 0 radical (unpaired) electrons. The van der Waals surface area contributed by atoms with Gasteiger partial charge in [0.05, 0.1) is 5.41 Å². The minimum absolute atomic E-state index is 0.0214. The molecular weight excluding hydrogens is 444 g/mol. The molecule has 2 saturated carbocycles. The van der Waals surface area contributed by atoms with Gasteiger partial charge in [-0.15, -0.1) is 0 Å². The van der Waals surface area contributed by atoms with Crippen LogP contribution in [0.25, 0.3) is 11.1 Å². The van der Waals surface area contributed by atoms with E-state index in [4.69, 9.17) is 4.74 Å². The van der Waals surface area contributed by atoms with E-state index in [-0.39, 0.29) is 42.9 Å². The molecule has 5 rings (SSSR count). The lowest BCUT2D eigenvalue weighted by molar-refractivity contribution is -0.149. The number of carboxylic acid groups (broad SMARTS) is 1. The van der Waals surface area contributed by atoms with Crippen molar-refractivity contribution in [3.63, 3.8) is 0 Å². The van der Waals surface area contributed by atoms with E-state index in [1.54, 1.807) is 6.92 Å². The molecule has 0 saturated heterocycles. The number of nitrogens with one attached hydrogen (secondary N) is 2. The van der Waals surface area contributed by atoms with Gasteiger partial charge in [0, 0.05) is 24.4 Å². The lowest BCUT2D eigenvalue weighted by atomic mass is 9.85. The SMILES string of the molecule is CC1(C(=O)O)CCCC1NC(=O)CC(NC(=O)OCC1c2ccccc2-c2ccccc21)C1CC1. The Bertz CT molecular complexity index is 1100. The van der Waals surface area contributed by atoms with Gasteiger partial charge in [-0.3, -0.25) is 9.59 Å². The van der Waals surface area contributed by atoms with Crippen LogP contribution < -0.4 is 10.6 Å². The first-order valence-corrected chi connectivity index (χ1v) is 12.5. The molecule has 2 aromatic carbocycles. The maximum Gasteiger partial charge on any atom is 0.407 e. The van der Waals surface area contributed by atoms with Gasteiger partial charge in [0.1, 0.15) is 6.61 Å². The molecule has 0 aliphatic heterocycles. The molecule has 3 aliphatic carbocycles. The Kier molecular flexibility index (Phi) is 6.26. The Labute approximate surface area is 205 Å². The van der Waals surface area contributed by atoms with E-state index >= 15 is 0 Å².